The minimum atomic E-state index is -0.266. The van der Waals surface area contributed by atoms with E-state index in [0.717, 1.165) is 103 Å². The lowest BCUT2D eigenvalue weighted by molar-refractivity contribution is 0.363. The van der Waals surface area contributed by atoms with Gasteiger partial charge in [-0.05, 0) is 77.4 Å². The summed E-state index contributed by atoms with van der Waals surface area (Å²) < 4.78 is 20.0. The van der Waals surface area contributed by atoms with Crippen LogP contribution in [0.1, 0.15) is 126 Å². The van der Waals surface area contributed by atoms with Gasteiger partial charge in [0, 0.05) is 65.3 Å². The van der Waals surface area contributed by atoms with Gasteiger partial charge in [0.15, 0.2) is 0 Å². The number of hydrogen-bond donors (Lipinski definition) is 0. The maximum atomic E-state index is 14.8. The highest BCUT2D eigenvalue weighted by Crippen LogP contribution is 2.60. The zero-order valence-corrected chi connectivity index (χ0v) is 30.4. The number of benzene rings is 2. The molecule has 6 aliphatic rings. The summed E-state index contributed by atoms with van der Waals surface area (Å²) in [5, 5.41) is 0.988. The molecule has 2 aromatic carbocycles. The van der Waals surface area contributed by atoms with Gasteiger partial charge in [-0.25, -0.2) is 4.79 Å². The molecule has 0 N–H and O–H groups in total. The van der Waals surface area contributed by atoms with E-state index < -0.39 is 0 Å². The van der Waals surface area contributed by atoms with Crippen LogP contribution in [-0.4, -0.2) is 33.3 Å². The van der Waals surface area contributed by atoms with Gasteiger partial charge in [-0.1, -0.05) is 62.0 Å². The lowest BCUT2D eigenvalue weighted by Crippen LogP contribution is -2.45. The fourth-order valence-corrected chi connectivity index (χ4v) is 10.3. The summed E-state index contributed by atoms with van der Waals surface area (Å²) in [5.41, 5.74) is 12.5. The number of nitrogens with zero attached hydrogens (tertiary/aromatic N) is 2. The highest BCUT2D eigenvalue weighted by atomic mass is 16.5. The fourth-order valence-electron chi connectivity index (χ4n) is 10.3. The molecule has 0 radical (unpaired) electrons. The molecule has 1 aliphatic carbocycles. The van der Waals surface area contributed by atoms with E-state index in [1.165, 1.54) is 33.6 Å². The Balaban J connectivity index is 1.41. The predicted octanol–water partition coefficient (Wildman–Crippen LogP) is 8.79. The Morgan fingerprint density at radius 2 is 1.35 bits per heavy atom. The van der Waals surface area contributed by atoms with E-state index in [0.29, 0.717) is 17.7 Å². The third-order valence-electron chi connectivity index (χ3n) is 13.3. The van der Waals surface area contributed by atoms with Crippen molar-refractivity contribution in [2.75, 3.05) is 43.1 Å². The second kappa shape index (κ2) is 9.31. The predicted molar refractivity (Wildman–Crippen MR) is 195 cm³/mol. The Morgan fingerprint density at radius 1 is 0.771 bits per heavy atom. The highest BCUT2D eigenvalue weighted by molar-refractivity contribution is 6.03. The SMILES string of the molecule is C=C1Oc2c(cc3c4c2C(C)(C)CCN4CCC3(C)C)C2=C1CCc1c2c(=O)oc2c3c4c(c(OC)c12)C(C)(C)CCN4CCC3(C)C. The first-order chi connectivity index (χ1) is 22.6. The van der Waals surface area contributed by atoms with Crippen molar-refractivity contribution in [3.05, 3.63) is 73.3 Å². The molecule has 1 aromatic heterocycles. The van der Waals surface area contributed by atoms with Crippen LogP contribution in [0.3, 0.4) is 0 Å². The van der Waals surface area contributed by atoms with Crippen molar-refractivity contribution in [2.24, 2.45) is 0 Å². The van der Waals surface area contributed by atoms with Gasteiger partial charge in [0.05, 0.1) is 23.7 Å². The maximum absolute atomic E-state index is 14.8. The van der Waals surface area contributed by atoms with Gasteiger partial charge >= 0.3 is 5.63 Å². The van der Waals surface area contributed by atoms with Crippen LogP contribution in [0.5, 0.6) is 11.5 Å². The zero-order chi connectivity index (χ0) is 33.9. The highest BCUT2D eigenvalue weighted by Gasteiger charge is 2.48. The van der Waals surface area contributed by atoms with Gasteiger partial charge in [-0.15, -0.1) is 0 Å². The third-order valence-corrected chi connectivity index (χ3v) is 13.3. The normalized spacial score (nSPS) is 23.5. The first-order valence-electron chi connectivity index (χ1n) is 18.1. The van der Waals surface area contributed by atoms with Crippen molar-refractivity contribution in [2.45, 2.75) is 116 Å². The number of hydrogen-bond acceptors (Lipinski definition) is 6. The Labute approximate surface area is 284 Å². The van der Waals surface area contributed by atoms with Crippen LogP contribution in [0.2, 0.25) is 0 Å². The molecule has 6 heterocycles. The topological polar surface area (TPSA) is 55.1 Å². The van der Waals surface area contributed by atoms with Crippen molar-refractivity contribution < 1.29 is 13.9 Å². The van der Waals surface area contributed by atoms with Gasteiger partial charge in [0.25, 0.3) is 0 Å². The van der Waals surface area contributed by atoms with Gasteiger partial charge < -0.3 is 23.7 Å². The summed E-state index contributed by atoms with van der Waals surface area (Å²) in [6.07, 6.45) is 5.66. The molecule has 252 valence electrons. The summed E-state index contributed by atoms with van der Waals surface area (Å²) in [4.78, 5) is 19.8. The molecule has 6 heteroatoms. The molecule has 0 saturated carbocycles. The van der Waals surface area contributed by atoms with Crippen LogP contribution in [0, 0.1) is 0 Å². The number of fused-ring (bicyclic) bond motifs is 8. The molecule has 0 unspecified atom stereocenters. The number of ether oxygens (including phenoxy) is 2. The molecule has 48 heavy (non-hydrogen) atoms. The molecule has 0 atom stereocenters. The molecular formula is C42H50N2O4. The first-order valence-corrected chi connectivity index (χ1v) is 18.1. The molecule has 0 spiro atoms. The number of rotatable bonds is 1. The molecule has 0 amide bonds. The molecule has 3 aromatic rings. The fraction of sp³-hybridized carbons (Fsp3) is 0.548. The number of aryl methyl sites for hydroxylation is 1. The minimum Gasteiger partial charge on any atom is -0.496 e. The number of anilines is 2. The molecule has 0 saturated heterocycles. The van der Waals surface area contributed by atoms with E-state index in [4.69, 9.17) is 13.9 Å². The number of methoxy groups -OCH3 is 1. The Hall–Kier alpha value is -3.67. The minimum absolute atomic E-state index is 0.00223. The van der Waals surface area contributed by atoms with Crippen LogP contribution in [0.25, 0.3) is 16.5 Å². The van der Waals surface area contributed by atoms with Crippen LogP contribution in [0.15, 0.2) is 33.2 Å². The first kappa shape index (κ1) is 30.4. The summed E-state index contributed by atoms with van der Waals surface area (Å²) in [6.45, 7) is 27.3. The average molecular weight is 647 g/mol. The zero-order valence-electron chi connectivity index (χ0n) is 30.4. The van der Waals surface area contributed by atoms with Crippen LogP contribution in [-0.2, 0) is 28.1 Å². The van der Waals surface area contributed by atoms with Crippen LogP contribution < -0.4 is 24.9 Å². The monoisotopic (exact) mass is 646 g/mol. The van der Waals surface area contributed by atoms with Crippen molar-refractivity contribution >= 4 is 27.9 Å². The van der Waals surface area contributed by atoms with Crippen molar-refractivity contribution in [1.82, 2.24) is 0 Å². The standard InChI is InChI=1S/C42H50N2O4/c1-22-23-11-12-24-28(27(23)25-21-26-33-30(35(25)47-22)40(4,5)14-18-43(33)17-13-39(26,2)3)38(45)48-37-29(24)36(46-10)31-34-32(37)42(8,9)16-20-44(34)19-15-41(31,6)7/h21H,1,11-20H2,2-10H3. The molecule has 0 bridgehead atoms. The number of allylic oxidation sites excluding steroid dienone is 1. The van der Waals surface area contributed by atoms with Gasteiger partial charge in [-0.2, -0.15) is 0 Å². The smallest absolute Gasteiger partial charge is 0.344 e. The van der Waals surface area contributed by atoms with Crippen molar-refractivity contribution in [3.8, 4) is 11.5 Å². The van der Waals surface area contributed by atoms with E-state index in [2.05, 4.69) is 77.8 Å². The molecule has 0 fully saturated rings. The molecule has 6 nitrogen and oxygen atoms in total. The van der Waals surface area contributed by atoms with Crippen LogP contribution in [0.4, 0.5) is 11.4 Å². The molecule has 9 rings (SSSR count). The quantitative estimate of drug-likeness (QED) is 0.247. The Morgan fingerprint density at radius 3 is 2.00 bits per heavy atom. The lowest BCUT2D eigenvalue weighted by atomic mass is 9.66. The average Bonchev–Trinajstić information content (AvgIpc) is 3.01. The maximum Gasteiger partial charge on any atom is 0.344 e. The summed E-state index contributed by atoms with van der Waals surface area (Å²) in [7, 11) is 1.80. The van der Waals surface area contributed by atoms with Gasteiger partial charge in [0.2, 0.25) is 0 Å². The second-order valence-electron chi connectivity index (χ2n) is 18.0. The van der Waals surface area contributed by atoms with E-state index in [-0.39, 0.29) is 27.3 Å². The third kappa shape index (κ3) is 3.72. The van der Waals surface area contributed by atoms with Crippen molar-refractivity contribution in [3.63, 3.8) is 0 Å². The van der Waals surface area contributed by atoms with E-state index in [9.17, 15) is 4.79 Å². The van der Waals surface area contributed by atoms with E-state index in [1.807, 2.05) is 0 Å². The van der Waals surface area contributed by atoms with Gasteiger partial charge in [-0.3, -0.25) is 0 Å². The molecule has 5 aliphatic heterocycles. The van der Waals surface area contributed by atoms with E-state index >= 15 is 0 Å². The Bertz CT molecular complexity index is 2100. The second-order valence-corrected chi connectivity index (χ2v) is 18.0. The summed E-state index contributed by atoms with van der Waals surface area (Å²) in [5.74, 6) is 2.42. The lowest BCUT2D eigenvalue weighted by Gasteiger charge is -2.49. The van der Waals surface area contributed by atoms with E-state index in [1.54, 1.807) is 7.11 Å². The van der Waals surface area contributed by atoms with Gasteiger partial charge in [0.1, 0.15) is 22.8 Å². The summed E-state index contributed by atoms with van der Waals surface area (Å²) in [6, 6.07) is 2.36. The van der Waals surface area contributed by atoms with Crippen molar-refractivity contribution in [1.29, 1.82) is 0 Å². The summed E-state index contributed by atoms with van der Waals surface area (Å²) >= 11 is 0. The molecular weight excluding hydrogens is 596 g/mol. The Kier molecular flexibility index (Phi) is 5.89. The largest absolute Gasteiger partial charge is 0.496 e. The van der Waals surface area contributed by atoms with Crippen LogP contribution >= 0.6 is 0 Å².